The van der Waals surface area contributed by atoms with E-state index in [1.165, 1.54) is 31.1 Å². The number of rotatable bonds is 11. The quantitative estimate of drug-likeness (QED) is 0.214. The number of pyridine rings is 2. The lowest BCUT2D eigenvalue weighted by Gasteiger charge is -2.43. The molecule has 17 heteroatoms. The van der Waals surface area contributed by atoms with Crippen molar-refractivity contribution in [2.24, 2.45) is 0 Å². The number of piperazine rings is 1. The number of hydrogen-bond acceptors (Lipinski definition) is 11. The number of carbonyl (C=O) groups excluding carboxylic acids is 2. The third-order valence-electron chi connectivity index (χ3n) is 8.81. The van der Waals surface area contributed by atoms with Gasteiger partial charge in [-0.15, -0.1) is 0 Å². The number of anilines is 1. The number of hydrogen-bond donors (Lipinski definition) is 2. The van der Waals surface area contributed by atoms with Crippen molar-refractivity contribution in [1.82, 2.24) is 34.7 Å². The van der Waals surface area contributed by atoms with Gasteiger partial charge in [0.25, 0.3) is 5.91 Å². The molecule has 1 fully saturated rings. The maximum atomic E-state index is 14.4. The molecule has 1 aliphatic heterocycles. The van der Waals surface area contributed by atoms with E-state index in [-0.39, 0.29) is 77.9 Å². The summed E-state index contributed by atoms with van der Waals surface area (Å²) in [5.74, 6) is -1.06. The molecule has 0 bridgehead atoms. The maximum absolute atomic E-state index is 14.4. The van der Waals surface area contributed by atoms with Crippen LogP contribution in [0.2, 0.25) is 0 Å². The van der Waals surface area contributed by atoms with Crippen LogP contribution in [0.3, 0.4) is 0 Å². The molecule has 272 valence electrons. The highest BCUT2D eigenvalue weighted by molar-refractivity contribution is 5.95. The topological polar surface area (TPSA) is 169 Å². The van der Waals surface area contributed by atoms with Crippen LogP contribution >= 0.6 is 0 Å². The Labute approximate surface area is 291 Å². The number of halogens is 3. The molecule has 0 radical (unpaired) electrons. The van der Waals surface area contributed by atoms with Crippen molar-refractivity contribution >= 4 is 28.7 Å². The van der Waals surface area contributed by atoms with Crippen LogP contribution in [0.4, 0.5) is 18.9 Å². The van der Waals surface area contributed by atoms with E-state index < -0.39 is 48.0 Å². The fourth-order valence-electron chi connectivity index (χ4n) is 6.19. The molecule has 5 heterocycles. The standard InChI is InChI=1S/C34H39F3N8O6/c1-7-22-15-43(32(49)26-29(47)20(5)39-17-40-26)11-12-44(22)28-23(8-2)45(16-24(46)41-19(4)13-18(3)34(35,36)37)33-27(30(28)48)42-31(51-33)21-9-10-38-25(14-21)50-6/h9-10,14,17,19,22,47H,3,7-8,11-13,15-16H2,1-2,4-6H3,(H,41,46). The Bertz CT molecular complexity index is 2030. The van der Waals surface area contributed by atoms with Gasteiger partial charge in [0.15, 0.2) is 17.0 Å². The molecule has 5 rings (SSSR count). The first kappa shape index (κ1) is 36.8. The number of fused-ring (bicyclic) bond motifs is 1. The Kier molecular flexibility index (Phi) is 10.7. The van der Waals surface area contributed by atoms with Gasteiger partial charge in [-0.25, -0.2) is 19.9 Å². The number of oxazole rings is 1. The van der Waals surface area contributed by atoms with Crippen LogP contribution in [0.25, 0.3) is 22.7 Å². The first-order valence-corrected chi connectivity index (χ1v) is 16.4. The molecule has 4 aromatic rings. The van der Waals surface area contributed by atoms with Gasteiger partial charge in [0.1, 0.15) is 18.6 Å². The van der Waals surface area contributed by atoms with Crippen LogP contribution in [0.15, 0.2) is 46.0 Å². The van der Waals surface area contributed by atoms with Crippen LogP contribution in [-0.2, 0) is 17.8 Å². The predicted molar refractivity (Wildman–Crippen MR) is 181 cm³/mol. The Hall–Kier alpha value is -5.48. The fraction of sp³-hybridized carbons (Fsp3) is 0.441. The van der Waals surface area contributed by atoms with Crippen LogP contribution in [-0.4, -0.2) is 91.3 Å². The number of aromatic nitrogens is 5. The Morgan fingerprint density at radius 3 is 2.63 bits per heavy atom. The molecule has 1 aliphatic rings. The minimum absolute atomic E-state index is 0.00496. The lowest BCUT2D eigenvalue weighted by molar-refractivity contribution is -0.122. The molecule has 0 spiro atoms. The first-order valence-electron chi connectivity index (χ1n) is 16.4. The van der Waals surface area contributed by atoms with Crippen molar-refractivity contribution in [1.29, 1.82) is 0 Å². The Balaban J connectivity index is 1.57. The van der Waals surface area contributed by atoms with E-state index in [2.05, 4.69) is 31.8 Å². The summed E-state index contributed by atoms with van der Waals surface area (Å²) >= 11 is 0. The smallest absolute Gasteiger partial charge is 0.412 e. The highest BCUT2D eigenvalue weighted by Gasteiger charge is 2.36. The largest absolute Gasteiger partial charge is 0.504 e. The van der Waals surface area contributed by atoms with Crippen LogP contribution in [0, 0.1) is 6.92 Å². The summed E-state index contributed by atoms with van der Waals surface area (Å²) in [4.78, 5) is 61.3. The maximum Gasteiger partial charge on any atom is 0.412 e. The number of amides is 2. The Morgan fingerprint density at radius 1 is 1.22 bits per heavy atom. The molecule has 2 atom stereocenters. The molecule has 1 saturated heterocycles. The highest BCUT2D eigenvalue weighted by atomic mass is 19.4. The number of alkyl halides is 3. The zero-order valence-electron chi connectivity index (χ0n) is 28.9. The normalized spacial score (nSPS) is 15.6. The molecule has 51 heavy (non-hydrogen) atoms. The fourth-order valence-corrected chi connectivity index (χ4v) is 6.19. The molecule has 0 saturated carbocycles. The van der Waals surface area contributed by atoms with Gasteiger partial charge in [-0.2, -0.15) is 13.2 Å². The van der Waals surface area contributed by atoms with Gasteiger partial charge in [-0.3, -0.25) is 14.4 Å². The van der Waals surface area contributed by atoms with Crippen LogP contribution < -0.4 is 20.4 Å². The number of aromatic hydroxyl groups is 1. The summed E-state index contributed by atoms with van der Waals surface area (Å²) in [6.45, 7) is 10.0. The third-order valence-corrected chi connectivity index (χ3v) is 8.81. The van der Waals surface area contributed by atoms with E-state index in [0.29, 0.717) is 17.7 Å². The second kappa shape index (κ2) is 14.8. The number of nitrogens with zero attached hydrogens (tertiary/aromatic N) is 7. The van der Waals surface area contributed by atoms with E-state index in [1.54, 1.807) is 30.9 Å². The minimum atomic E-state index is -4.60. The minimum Gasteiger partial charge on any atom is -0.504 e. The Morgan fingerprint density at radius 2 is 1.96 bits per heavy atom. The number of ether oxygens (including phenoxy) is 1. The second-order valence-corrected chi connectivity index (χ2v) is 12.3. The van der Waals surface area contributed by atoms with Gasteiger partial charge in [0.05, 0.1) is 12.8 Å². The summed E-state index contributed by atoms with van der Waals surface area (Å²) in [5, 5.41) is 13.1. The van der Waals surface area contributed by atoms with Crippen molar-refractivity contribution in [3.05, 3.63) is 64.1 Å². The van der Waals surface area contributed by atoms with Gasteiger partial charge in [-0.1, -0.05) is 20.4 Å². The zero-order valence-corrected chi connectivity index (χ0v) is 28.9. The molecular formula is C34H39F3N8O6. The van der Waals surface area contributed by atoms with Crippen molar-refractivity contribution in [2.45, 2.75) is 71.8 Å². The van der Waals surface area contributed by atoms with Crippen molar-refractivity contribution < 1.29 is 37.0 Å². The summed E-state index contributed by atoms with van der Waals surface area (Å²) in [6.07, 6.45) is -1.64. The predicted octanol–water partition coefficient (Wildman–Crippen LogP) is 4.18. The average Bonchev–Trinajstić information content (AvgIpc) is 3.56. The van der Waals surface area contributed by atoms with Gasteiger partial charge >= 0.3 is 6.18 Å². The lowest BCUT2D eigenvalue weighted by Crippen LogP contribution is -2.56. The third kappa shape index (κ3) is 7.51. The van der Waals surface area contributed by atoms with Gasteiger partial charge in [-0.05, 0) is 39.2 Å². The zero-order chi connectivity index (χ0) is 37.2. The number of nitrogens with one attached hydrogen (secondary N) is 1. The average molecular weight is 713 g/mol. The van der Waals surface area contributed by atoms with Gasteiger partial charge in [0, 0.05) is 60.8 Å². The molecule has 2 unspecified atom stereocenters. The van der Waals surface area contributed by atoms with Crippen LogP contribution in [0.5, 0.6) is 11.6 Å². The lowest BCUT2D eigenvalue weighted by atomic mass is 10.0. The van der Waals surface area contributed by atoms with Crippen LogP contribution in [0.1, 0.15) is 55.5 Å². The molecule has 2 amide bonds. The number of aryl methyl sites for hydroxylation is 1. The number of carbonyl (C=O) groups is 2. The van der Waals surface area contributed by atoms with E-state index in [0.717, 1.165) is 0 Å². The van der Waals surface area contributed by atoms with E-state index in [4.69, 9.17) is 9.15 Å². The summed E-state index contributed by atoms with van der Waals surface area (Å²) in [7, 11) is 1.44. The first-order chi connectivity index (χ1) is 24.2. The summed E-state index contributed by atoms with van der Waals surface area (Å²) in [5.41, 5.74) is -0.179. The second-order valence-electron chi connectivity index (χ2n) is 12.3. The van der Waals surface area contributed by atoms with E-state index in [1.807, 2.05) is 11.8 Å². The van der Waals surface area contributed by atoms with Crippen molar-refractivity contribution in [3.8, 4) is 23.1 Å². The SMILES string of the molecule is C=C(CC(C)NC(=O)Cn1c(CC)c(N2CCN(C(=O)c3ncnc(C)c3O)CC2CC)c(=O)c2nc(-c3ccnc(OC)c3)oc21)C(F)(F)F. The molecule has 14 nitrogen and oxygen atoms in total. The van der Waals surface area contributed by atoms with Crippen molar-refractivity contribution in [3.63, 3.8) is 0 Å². The summed E-state index contributed by atoms with van der Waals surface area (Å²) < 4.78 is 52.3. The number of methoxy groups -OCH3 is 1. The molecule has 0 aromatic carbocycles. The monoisotopic (exact) mass is 712 g/mol. The van der Waals surface area contributed by atoms with Gasteiger partial charge in [0.2, 0.25) is 28.8 Å². The van der Waals surface area contributed by atoms with Gasteiger partial charge < -0.3 is 33.9 Å². The molecule has 4 aromatic heterocycles. The highest BCUT2D eigenvalue weighted by Crippen LogP contribution is 2.32. The molecular weight excluding hydrogens is 673 g/mol. The summed E-state index contributed by atoms with van der Waals surface area (Å²) in [6, 6.07) is 1.93. The van der Waals surface area contributed by atoms with Crippen molar-refractivity contribution in [2.75, 3.05) is 31.6 Å². The molecule has 0 aliphatic carbocycles. The molecule has 2 N–H and O–H groups in total. The van der Waals surface area contributed by atoms with E-state index in [9.17, 15) is 32.7 Å². The van der Waals surface area contributed by atoms with E-state index >= 15 is 0 Å².